The average molecular weight is 481 g/mol. The minimum Gasteiger partial charge on any atom is -0.455 e. The smallest absolute Gasteiger partial charge is 0.232 e. The van der Waals surface area contributed by atoms with E-state index in [4.69, 9.17) is 10.2 Å². The van der Waals surface area contributed by atoms with Crippen LogP contribution in [0.2, 0.25) is 0 Å². The van der Waals surface area contributed by atoms with E-state index in [1.807, 2.05) is 24.3 Å². The molecule has 0 unspecified atom stereocenters. The fourth-order valence-electron chi connectivity index (χ4n) is 3.88. The normalized spacial score (nSPS) is 11.7. The molecular weight excluding hydrogens is 455 g/mol. The molecule has 0 saturated carbocycles. The Hall–Kier alpha value is -3.49. The monoisotopic (exact) mass is 480 g/mol. The van der Waals surface area contributed by atoms with Crippen LogP contribution in [0, 0.1) is 5.82 Å². The topological polar surface area (TPSA) is 93.6 Å². The lowest BCUT2D eigenvalue weighted by Crippen LogP contribution is -2.25. The van der Waals surface area contributed by atoms with E-state index in [1.54, 1.807) is 31.2 Å². The minimum absolute atomic E-state index is 0.133. The molecule has 1 heterocycles. The fraction of sp³-hybridized carbons (Fsp3) is 0.192. The number of hydrogen-bond donors (Lipinski definition) is 1. The van der Waals surface area contributed by atoms with Crippen LogP contribution in [-0.4, -0.2) is 27.5 Å². The van der Waals surface area contributed by atoms with E-state index in [9.17, 15) is 17.6 Å². The Morgan fingerprint density at radius 2 is 1.65 bits per heavy atom. The van der Waals surface area contributed by atoms with Crippen molar-refractivity contribution in [2.75, 3.05) is 17.6 Å². The third-order valence-electron chi connectivity index (χ3n) is 5.85. The van der Waals surface area contributed by atoms with Crippen LogP contribution < -0.4 is 10.0 Å². The van der Waals surface area contributed by atoms with Crippen LogP contribution in [0.5, 0.6) is 0 Å². The summed E-state index contributed by atoms with van der Waals surface area (Å²) in [7, 11) is -2.12. The molecule has 0 radical (unpaired) electrons. The summed E-state index contributed by atoms with van der Waals surface area (Å²) < 4.78 is 45.6. The highest BCUT2D eigenvalue weighted by molar-refractivity contribution is 7.92. The molecule has 0 bridgehead atoms. The van der Waals surface area contributed by atoms with Gasteiger partial charge in [-0.05, 0) is 41.5 Å². The number of rotatable bonds is 7. The van der Waals surface area contributed by atoms with Crippen molar-refractivity contribution in [1.29, 1.82) is 0 Å². The summed E-state index contributed by atoms with van der Waals surface area (Å²) in [6.07, 6.45) is 1.37. The first-order chi connectivity index (χ1) is 16.1. The molecule has 0 atom stereocenters. The highest BCUT2D eigenvalue weighted by atomic mass is 32.2. The third kappa shape index (κ3) is 4.34. The predicted octanol–water partition coefficient (Wildman–Crippen LogP) is 5.35. The van der Waals surface area contributed by atoms with Crippen LogP contribution in [-0.2, 0) is 16.6 Å². The van der Waals surface area contributed by atoms with E-state index < -0.39 is 15.8 Å². The molecule has 4 aromatic rings. The zero-order valence-electron chi connectivity index (χ0n) is 19.1. The Kier molecular flexibility index (Phi) is 6.29. The number of hydrogen-bond acceptors (Lipinski definition) is 5. The molecule has 34 heavy (non-hydrogen) atoms. The van der Waals surface area contributed by atoms with Gasteiger partial charge in [0, 0.05) is 42.6 Å². The maximum absolute atomic E-state index is 13.5. The third-order valence-corrected chi connectivity index (χ3v) is 7.04. The number of nitrogens with two attached hydrogens (primary N) is 1. The van der Waals surface area contributed by atoms with Crippen LogP contribution in [0.4, 0.5) is 10.1 Å². The molecule has 0 amide bonds. The number of furan rings is 1. The van der Waals surface area contributed by atoms with Gasteiger partial charge in [0.25, 0.3) is 0 Å². The first-order valence-corrected chi connectivity index (χ1v) is 12.6. The number of benzene rings is 3. The second-order valence-electron chi connectivity index (χ2n) is 8.09. The molecule has 4 rings (SSSR count). The summed E-state index contributed by atoms with van der Waals surface area (Å²) in [6, 6.07) is 16.6. The Morgan fingerprint density at radius 3 is 2.21 bits per heavy atom. The van der Waals surface area contributed by atoms with E-state index in [2.05, 4.69) is 0 Å². The van der Waals surface area contributed by atoms with Crippen molar-refractivity contribution in [3.63, 3.8) is 0 Å². The lowest BCUT2D eigenvalue weighted by molar-refractivity contribution is 0.0989. The van der Waals surface area contributed by atoms with Crippen molar-refractivity contribution in [3.05, 3.63) is 77.6 Å². The van der Waals surface area contributed by atoms with Crippen molar-refractivity contribution >= 4 is 32.5 Å². The van der Waals surface area contributed by atoms with Crippen LogP contribution in [0.15, 0.2) is 65.1 Å². The summed E-state index contributed by atoms with van der Waals surface area (Å²) in [5.74, 6) is -0.208. The van der Waals surface area contributed by atoms with Crippen molar-refractivity contribution in [2.24, 2.45) is 5.73 Å². The number of Topliss-reactive ketones (excluding diaryl/α,β-unsaturated/α-hetero) is 1. The van der Waals surface area contributed by atoms with Gasteiger partial charge in [0.1, 0.15) is 17.2 Å². The van der Waals surface area contributed by atoms with Gasteiger partial charge in [0.15, 0.2) is 5.78 Å². The van der Waals surface area contributed by atoms with Crippen LogP contribution in [0.1, 0.15) is 29.3 Å². The zero-order chi connectivity index (χ0) is 24.6. The number of ketones is 1. The first kappa shape index (κ1) is 23.7. The van der Waals surface area contributed by atoms with Gasteiger partial charge in [-0.1, -0.05) is 31.2 Å². The largest absolute Gasteiger partial charge is 0.455 e. The summed E-state index contributed by atoms with van der Waals surface area (Å²) >= 11 is 0. The van der Waals surface area contributed by atoms with E-state index in [1.165, 1.54) is 23.5 Å². The number of carbonyl (C=O) groups excluding carboxylic acids is 1. The lowest BCUT2D eigenvalue weighted by atomic mass is 9.96. The standard InChI is InChI=1S/C26H25FN2O4S/c1-4-23(30)25-21-13-20(17-7-5-16(15-28)6-8-17)22(29(2)34(3,31)32)14-24(21)33-26(25)18-9-11-19(27)12-10-18/h5-14H,4,15,28H2,1-3H3. The van der Waals surface area contributed by atoms with E-state index >= 15 is 0 Å². The molecule has 8 heteroatoms. The molecule has 3 aromatic carbocycles. The Morgan fingerprint density at radius 1 is 1.03 bits per heavy atom. The maximum Gasteiger partial charge on any atom is 0.232 e. The number of nitrogens with zero attached hydrogens (tertiary/aromatic N) is 1. The van der Waals surface area contributed by atoms with Gasteiger partial charge in [0.05, 0.1) is 17.5 Å². The Balaban J connectivity index is 2.05. The molecule has 1 aromatic heterocycles. The maximum atomic E-state index is 13.5. The predicted molar refractivity (Wildman–Crippen MR) is 133 cm³/mol. The molecule has 2 N–H and O–H groups in total. The highest BCUT2D eigenvalue weighted by Crippen LogP contribution is 2.41. The van der Waals surface area contributed by atoms with Crippen LogP contribution in [0.3, 0.4) is 0 Å². The Labute approximate surface area is 197 Å². The number of halogens is 1. The molecule has 0 fully saturated rings. The van der Waals surface area contributed by atoms with Gasteiger partial charge in [-0.2, -0.15) is 0 Å². The van der Waals surface area contributed by atoms with Gasteiger partial charge in [-0.15, -0.1) is 0 Å². The molecule has 0 spiro atoms. The number of carbonyl (C=O) groups is 1. The molecule has 6 nitrogen and oxygen atoms in total. The van der Waals surface area contributed by atoms with E-state index in [-0.39, 0.29) is 12.2 Å². The molecule has 176 valence electrons. The molecule has 0 aliphatic rings. The van der Waals surface area contributed by atoms with Gasteiger partial charge >= 0.3 is 0 Å². The Bertz CT molecular complexity index is 1470. The summed E-state index contributed by atoms with van der Waals surface area (Å²) in [4.78, 5) is 13.0. The minimum atomic E-state index is -3.59. The van der Waals surface area contributed by atoms with Gasteiger partial charge in [-0.3, -0.25) is 9.10 Å². The van der Waals surface area contributed by atoms with Crippen LogP contribution in [0.25, 0.3) is 33.4 Å². The van der Waals surface area contributed by atoms with Crippen LogP contribution >= 0.6 is 0 Å². The van der Waals surface area contributed by atoms with Crippen molar-refractivity contribution in [1.82, 2.24) is 0 Å². The van der Waals surface area contributed by atoms with Crippen molar-refractivity contribution in [3.8, 4) is 22.5 Å². The number of sulfonamides is 1. The van der Waals surface area contributed by atoms with Crippen molar-refractivity contribution in [2.45, 2.75) is 19.9 Å². The molecule has 0 aliphatic carbocycles. The lowest BCUT2D eigenvalue weighted by Gasteiger charge is -2.21. The second kappa shape index (κ2) is 9.04. The summed E-state index contributed by atoms with van der Waals surface area (Å²) in [6.45, 7) is 2.14. The van der Waals surface area contributed by atoms with Gasteiger partial charge in [0.2, 0.25) is 10.0 Å². The van der Waals surface area contributed by atoms with E-state index in [0.29, 0.717) is 45.7 Å². The fourth-order valence-corrected chi connectivity index (χ4v) is 4.39. The second-order valence-corrected chi connectivity index (χ2v) is 10.1. The zero-order valence-corrected chi connectivity index (χ0v) is 19.9. The van der Waals surface area contributed by atoms with Crippen molar-refractivity contribution < 1.29 is 22.0 Å². The molecule has 0 aliphatic heterocycles. The van der Waals surface area contributed by atoms with Gasteiger partial charge in [-0.25, -0.2) is 12.8 Å². The molecular formula is C26H25FN2O4S. The highest BCUT2D eigenvalue weighted by Gasteiger charge is 2.25. The van der Waals surface area contributed by atoms with Gasteiger partial charge < -0.3 is 10.2 Å². The molecule has 0 saturated heterocycles. The average Bonchev–Trinajstić information content (AvgIpc) is 3.20. The first-order valence-electron chi connectivity index (χ1n) is 10.8. The summed E-state index contributed by atoms with van der Waals surface area (Å²) in [5, 5.41) is 0.565. The number of anilines is 1. The number of fused-ring (bicyclic) bond motifs is 1. The SMILES string of the molecule is CCC(=O)c1c(-c2ccc(F)cc2)oc2cc(N(C)S(C)(=O)=O)c(-c3ccc(CN)cc3)cc12. The quantitative estimate of drug-likeness (QED) is 0.360. The summed E-state index contributed by atoms with van der Waals surface area (Å²) in [5.41, 5.74) is 9.77. The van der Waals surface area contributed by atoms with E-state index in [0.717, 1.165) is 17.4 Å².